The van der Waals surface area contributed by atoms with Crippen LogP contribution in [0.3, 0.4) is 0 Å². The third-order valence-corrected chi connectivity index (χ3v) is 1.30. The Labute approximate surface area is 69.4 Å². The molecule has 0 spiro atoms. The van der Waals surface area contributed by atoms with Gasteiger partial charge in [-0.25, -0.2) is 4.79 Å². The van der Waals surface area contributed by atoms with E-state index in [0.29, 0.717) is 18.1 Å². The molecule has 0 aliphatic carbocycles. The average molecular weight is 170 g/mol. The molecule has 0 N–H and O–H groups in total. The van der Waals surface area contributed by atoms with Gasteiger partial charge in [-0.1, -0.05) is 6.08 Å². The van der Waals surface area contributed by atoms with E-state index in [-0.39, 0.29) is 6.61 Å². The molecule has 1 aromatic heterocycles. The van der Waals surface area contributed by atoms with E-state index in [1.54, 1.807) is 13.0 Å². The van der Waals surface area contributed by atoms with Gasteiger partial charge in [-0.3, -0.25) is 0 Å². The molecule has 0 bridgehead atoms. The van der Waals surface area contributed by atoms with Gasteiger partial charge in [0.25, 0.3) is 0 Å². The molecule has 0 aliphatic rings. The lowest BCUT2D eigenvalue weighted by atomic mass is 10.4. The summed E-state index contributed by atoms with van der Waals surface area (Å²) >= 11 is 0. The number of ether oxygens (including phenoxy) is 1. The standard InChI is InChI=1S/C8H10O4/c1-3-4-10-5-7-6(2)11-8(9)12-7/h3H,1,4-5H2,2H3. The molecular weight excluding hydrogens is 160 g/mol. The van der Waals surface area contributed by atoms with Crippen LogP contribution in [0.4, 0.5) is 0 Å². The van der Waals surface area contributed by atoms with Gasteiger partial charge in [-0.2, -0.15) is 0 Å². The van der Waals surface area contributed by atoms with E-state index in [0.717, 1.165) is 0 Å². The molecule has 0 saturated carbocycles. The highest BCUT2D eigenvalue weighted by atomic mass is 16.6. The van der Waals surface area contributed by atoms with Gasteiger partial charge in [-0.05, 0) is 6.92 Å². The second kappa shape index (κ2) is 3.92. The fourth-order valence-corrected chi connectivity index (χ4v) is 0.741. The summed E-state index contributed by atoms with van der Waals surface area (Å²) in [6.45, 7) is 5.79. The van der Waals surface area contributed by atoms with Crippen LogP contribution in [-0.4, -0.2) is 6.61 Å². The van der Waals surface area contributed by atoms with Gasteiger partial charge in [0.15, 0.2) is 5.76 Å². The van der Waals surface area contributed by atoms with Crippen molar-refractivity contribution in [3.8, 4) is 0 Å². The summed E-state index contributed by atoms with van der Waals surface area (Å²) < 4.78 is 14.3. The van der Waals surface area contributed by atoms with Crippen molar-refractivity contribution >= 4 is 0 Å². The zero-order chi connectivity index (χ0) is 8.97. The van der Waals surface area contributed by atoms with Crippen LogP contribution in [0, 0.1) is 6.92 Å². The van der Waals surface area contributed by atoms with Gasteiger partial charge in [0.1, 0.15) is 12.4 Å². The smallest absolute Gasteiger partial charge is 0.396 e. The highest BCUT2D eigenvalue weighted by molar-refractivity contribution is 4.98. The quantitative estimate of drug-likeness (QED) is 0.504. The zero-order valence-corrected chi connectivity index (χ0v) is 6.83. The largest absolute Gasteiger partial charge is 0.519 e. The highest BCUT2D eigenvalue weighted by Crippen LogP contribution is 2.05. The van der Waals surface area contributed by atoms with Crippen LogP contribution in [0.2, 0.25) is 0 Å². The molecule has 0 aliphatic heterocycles. The van der Waals surface area contributed by atoms with Crippen LogP contribution in [0.1, 0.15) is 11.5 Å². The monoisotopic (exact) mass is 170 g/mol. The van der Waals surface area contributed by atoms with Crippen LogP contribution in [0.5, 0.6) is 0 Å². The molecule has 0 unspecified atom stereocenters. The Hall–Kier alpha value is -1.29. The first kappa shape index (κ1) is 8.80. The summed E-state index contributed by atoms with van der Waals surface area (Å²) in [6, 6.07) is 0. The predicted molar refractivity (Wildman–Crippen MR) is 41.8 cm³/mol. The lowest BCUT2D eigenvalue weighted by molar-refractivity contribution is 0.130. The first-order chi connectivity index (χ1) is 5.74. The Kier molecular flexibility index (Phi) is 2.88. The summed E-state index contributed by atoms with van der Waals surface area (Å²) in [6.07, 6.45) is 1.62. The Morgan fingerprint density at radius 1 is 1.58 bits per heavy atom. The minimum Gasteiger partial charge on any atom is -0.396 e. The average Bonchev–Trinajstić information content (AvgIpc) is 2.31. The lowest BCUT2D eigenvalue weighted by Gasteiger charge is -1.95. The highest BCUT2D eigenvalue weighted by Gasteiger charge is 2.06. The molecule has 12 heavy (non-hydrogen) atoms. The Bertz CT molecular complexity index is 307. The summed E-state index contributed by atoms with van der Waals surface area (Å²) in [5.74, 6) is 0.204. The van der Waals surface area contributed by atoms with Crippen LogP contribution < -0.4 is 5.82 Å². The normalized spacial score (nSPS) is 10.1. The molecule has 0 saturated heterocycles. The van der Waals surface area contributed by atoms with Gasteiger partial charge >= 0.3 is 5.82 Å². The van der Waals surface area contributed by atoms with Crippen LogP contribution in [0.15, 0.2) is 26.3 Å². The topological polar surface area (TPSA) is 52.6 Å². The molecule has 0 atom stereocenters. The molecule has 4 heteroatoms. The van der Waals surface area contributed by atoms with Gasteiger partial charge in [0, 0.05) is 0 Å². The van der Waals surface area contributed by atoms with Gasteiger partial charge in [0.2, 0.25) is 0 Å². The maximum absolute atomic E-state index is 10.5. The van der Waals surface area contributed by atoms with E-state index in [9.17, 15) is 4.79 Å². The van der Waals surface area contributed by atoms with E-state index < -0.39 is 5.82 Å². The molecule has 1 heterocycles. The van der Waals surface area contributed by atoms with Crippen molar-refractivity contribution in [3.05, 3.63) is 34.8 Å². The minimum absolute atomic E-state index is 0.240. The SMILES string of the molecule is C=CCOCc1oc(=O)oc1C. The van der Waals surface area contributed by atoms with Gasteiger partial charge in [-0.15, -0.1) is 6.58 Å². The molecule has 4 nitrogen and oxygen atoms in total. The first-order valence-corrected chi connectivity index (χ1v) is 3.52. The molecule has 66 valence electrons. The maximum Gasteiger partial charge on any atom is 0.519 e. The molecule has 1 aromatic rings. The van der Waals surface area contributed by atoms with E-state index in [1.807, 2.05) is 0 Å². The summed E-state index contributed by atoms with van der Waals surface area (Å²) in [5.41, 5.74) is 0. The van der Waals surface area contributed by atoms with Crippen LogP contribution in [-0.2, 0) is 11.3 Å². The van der Waals surface area contributed by atoms with Crippen molar-refractivity contribution in [1.29, 1.82) is 0 Å². The van der Waals surface area contributed by atoms with Gasteiger partial charge in [0.05, 0.1) is 6.61 Å². The summed E-state index contributed by atoms with van der Waals surface area (Å²) in [5, 5.41) is 0. The number of aryl methyl sites for hydroxylation is 1. The Balaban J connectivity index is 2.56. The van der Waals surface area contributed by atoms with Crippen molar-refractivity contribution in [3.63, 3.8) is 0 Å². The second-order valence-corrected chi connectivity index (χ2v) is 2.24. The van der Waals surface area contributed by atoms with Crippen molar-refractivity contribution in [1.82, 2.24) is 0 Å². The minimum atomic E-state index is -0.690. The zero-order valence-electron chi connectivity index (χ0n) is 6.83. The van der Waals surface area contributed by atoms with Crippen LogP contribution in [0.25, 0.3) is 0 Å². The Morgan fingerprint density at radius 2 is 2.33 bits per heavy atom. The summed E-state index contributed by atoms with van der Waals surface area (Å²) in [4.78, 5) is 10.5. The fraction of sp³-hybridized carbons (Fsp3) is 0.375. The molecule has 0 radical (unpaired) electrons. The van der Waals surface area contributed by atoms with E-state index in [1.165, 1.54) is 0 Å². The van der Waals surface area contributed by atoms with Crippen molar-refractivity contribution < 1.29 is 13.6 Å². The Morgan fingerprint density at radius 3 is 2.83 bits per heavy atom. The molecule has 1 rings (SSSR count). The molecule has 0 aromatic carbocycles. The number of rotatable bonds is 4. The fourth-order valence-electron chi connectivity index (χ4n) is 0.741. The van der Waals surface area contributed by atoms with Crippen molar-refractivity contribution in [2.75, 3.05) is 6.61 Å². The second-order valence-electron chi connectivity index (χ2n) is 2.24. The maximum atomic E-state index is 10.5. The van der Waals surface area contributed by atoms with Gasteiger partial charge < -0.3 is 13.6 Å². The van der Waals surface area contributed by atoms with E-state index in [2.05, 4.69) is 15.4 Å². The number of hydrogen-bond donors (Lipinski definition) is 0. The first-order valence-electron chi connectivity index (χ1n) is 3.52. The molecular formula is C8H10O4. The van der Waals surface area contributed by atoms with E-state index >= 15 is 0 Å². The third kappa shape index (κ3) is 2.10. The molecule has 0 fully saturated rings. The molecule has 0 amide bonds. The van der Waals surface area contributed by atoms with E-state index in [4.69, 9.17) is 4.74 Å². The lowest BCUT2D eigenvalue weighted by Crippen LogP contribution is -1.93. The predicted octanol–water partition coefficient (Wildman–Crippen LogP) is 1.24. The van der Waals surface area contributed by atoms with Crippen molar-refractivity contribution in [2.45, 2.75) is 13.5 Å². The van der Waals surface area contributed by atoms with Crippen LogP contribution >= 0.6 is 0 Å². The third-order valence-electron chi connectivity index (χ3n) is 1.30. The summed E-state index contributed by atoms with van der Waals surface area (Å²) in [7, 11) is 0. The number of hydrogen-bond acceptors (Lipinski definition) is 4. The van der Waals surface area contributed by atoms with Crippen molar-refractivity contribution in [2.24, 2.45) is 0 Å².